The highest BCUT2D eigenvalue weighted by Gasteiger charge is 2.29. The molecule has 1 aromatic rings. The van der Waals surface area contributed by atoms with Gasteiger partial charge in [-0.3, -0.25) is 14.8 Å². The lowest BCUT2D eigenvalue weighted by Gasteiger charge is -2.29. The number of amides is 2. The lowest BCUT2D eigenvalue weighted by atomic mass is 9.82. The van der Waals surface area contributed by atoms with Crippen molar-refractivity contribution in [3.05, 3.63) is 29.8 Å². The highest BCUT2D eigenvalue weighted by molar-refractivity contribution is 5.80. The van der Waals surface area contributed by atoms with E-state index in [9.17, 15) is 14.8 Å². The van der Waals surface area contributed by atoms with E-state index in [2.05, 4.69) is 12.2 Å². The molecule has 1 aliphatic rings. The van der Waals surface area contributed by atoms with Crippen LogP contribution < -0.4 is 16.5 Å². The summed E-state index contributed by atoms with van der Waals surface area (Å²) in [4.78, 5) is 25.2. The maximum atomic E-state index is 12.9. The van der Waals surface area contributed by atoms with E-state index < -0.39 is 11.8 Å². The van der Waals surface area contributed by atoms with Gasteiger partial charge >= 0.3 is 0 Å². The molecule has 0 radical (unpaired) electrons. The van der Waals surface area contributed by atoms with E-state index in [-0.39, 0.29) is 31.3 Å². The summed E-state index contributed by atoms with van der Waals surface area (Å²) in [5, 5.41) is 12.3. The van der Waals surface area contributed by atoms with Gasteiger partial charge in [-0.2, -0.15) is 0 Å². The zero-order chi connectivity index (χ0) is 22.6. The monoisotopic (exact) mass is 435 g/mol. The van der Waals surface area contributed by atoms with Gasteiger partial charge in [0.15, 0.2) is 0 Å². The van der Waals surface area contributed by atoms with Crippen LogP contribution in [-0.2, 0) is 25.5 Å². The third-order valence-corrected chi connectivity index (χ3v) is 5.91. The van der Waals surface area contributed by atoms with Crippen molar-refractivity contribution in [1.29, 1.82) is 0 Å². The van der Waals surface area contributed by atoms with Crippen LogP contribution in [0.5, 0.6) is 0 Å². The number of nitrogens with two attached hydrogens (primary N) is 1. The van der Waals surface area contributed by atoms with E-state index in [0.29, 0.717) is 31.1 Å². The van der Waals surface area contributed by atoms with E-state index in [1.807, 2.05) is 19.1 Å². The molecule has 2 unspecified atom stereocenters. The predicted octanol–water partition coefficient (Wildman–Crippen LogP) is 2.64. The van der Waals surface area contributed by atoms with Crippen LogP contribution in [0.25, 0.3) is 0 Å². The molecular formula is C23H37N3O5. The number of benzene rings is 1. The number of carbonyl (C=O) groups excluding carboxylic acids is 2. The van der Waals surface area contributed by atoms with Gasteiger partial charge in [0.25, 0.3) is 0 Å². The van der Waals surface area contributed by atoms with E-state index in [0.717, 1.165) is 31.2 Å². The number of nitrogens with one attached hydrogen (secondary N) is 2. The van der Waals surface area contributed by atoms with Crippen LogP contribution in [0, 0.1) is 17.8 Å². The van der Waals surface area contributed by atoms with Crippen molar-refractivity contribution in [3.8, 4) is 0 Å². The molecule has 2 amide bonds. The molecule has 1 fully saturated rings. The molecule has 0 heterocycles. The number of anilines is 1. The Labute approximate surface area is 184 Å². The van der Waals surface area contributed by atoms with E-state index in [1.54, 1.807) is 17.6 Å². The minimum atomic E-state index is -0.556. The molecule has 31 heavy (non-hydrogen) atoms. The van der Waals surface area contributed by atoms with Crippen molar-refractivity contribution >= 4 is 17.5 Å². The van der Waals surface area contributed by atoms with Gasteiger partial charge in [-0.05, 0) is 69.1 Å². The Hall–Kier alpha value is -2.16. The van der Waals surface area contributed by atoms with Gasteiger partial charge < -0.3 is 20.5 Å². The normalized spacial score (nSPS) is 20.6. The van der Waals surface area contributed by atoms with Crippen molar-refractivity contribution < 1.29 is 24.3 Å². The second kappa shape index (κ2) is 13.3. The number of ether oxygens (including phenoxy) is 2. The quantitative estimate of drug-likeness (QED) is 0.132. The SMILES string of the molecule is CCOCOCC(CC(Cc1cccc(N)c1)C(=O)NO)NC(=O)C1CCC(C)CC1. The van der Waals surface area contributed by atoms with Gasteiger partial charge in [-0.15, -0.1) is 0 Å². The summed E-state index contributed by atoms with van der Waals surface area (Å²) in [6.07, 6.45) is 4.56. The number of hydrogen-bond acceptors (Lipinski definition) is 6. The molecule has 1 saturated carbocycles. The first-order valence-corrected chi connectivity index (χ1v) is 11.2. The van der Waals surface area contributed by atoms with Crippen LogP contribution in [0.1, 0.15) is 51.5 Å². The number of hydroxylamine groups is 1. The summed E-state index contributed by atoms with van der Waals surface area (Å²) < 4.78 is 10.8. The van der Waals surface area contributed by atoms with Gasteiger partial charge in [0.05, 0.1) is 12.6 Å². The van der Waals surface area contributed by atoms with Crippen LogP contribution in [0.4, 0.5) is 5.69 Å². The van der Waals surface area contributed by atoms with Gasteiger partial charge in [-0.1, -0.05) is 19.1 Å². The molecule has 0 saturated heterocycles. The maximum Gasteiger partial charge on any atom is 0.246 e. The average molecular weight is 436 g/mol. The Kier molecular flexibility index (Phi) is 10.8. The molecule has 2 atom stereocenters. The van der Waals surface area contributed by atoms with Crippen molar-refractivity contribution in [3.63, 3.8) is 0 Å². The van der Waals surface area contributed by atoms with Gasteiger partial charge in [-0.25, -0.2) is 5.48 Å². The third kappa shape index (κ3) is 8.85. The summed E-state index contributed by atoms with van der Waals surface area (Å²) in [7, 11) is 0. The second-order valence-corrected chi connectivity index (χ2v) is 8.50. The molecular weight excluding hydrogens is 398 g/mol. The predicted molar refractivity (Wildman–Crippen MR) is 118 cm³/mol. The summed E-state index contributed by atoms with van der Waals surface area (Å²) in [6, 6.07) is 6.92. The smallest absolute Gasteiger partial charge is 0.246 e. The molecule has 8 nitrogen and oxygen atoms in total. The van der Waals surface area contributed by atoms with Crippen LogP contribution in [-0.4, -0.2) is 43.1 Å². The molecule has 0 aliphatic heterocycles. The lowest BCUT2D eigenvalue weighted by Crippen LogP contribution is -2.45. The van der Waals surface area contributed by atoms with Crippen molar-refractivity contribution in [1.82, 2.24) is 10.8 Å². The summed E-state index contributed by atoms with van der Waals surface area (Å²) in [5.41, 5.74) is 9.10. The fourth-order valence-corrected chi connectivity index (χ4v) is 4.06. The number of hydrogen-bond donors (Lipinski definition) is 4. The summed E-state index contributed by atoms with van der Waals surface area (Å²) in [5.74, 6) is -0.406. The van der Waals surface area contributed by atoms with Crippen molar-refractivity contribution in [2.45, 2.75) is 58.4 Å². The van der Waals surface area contributed by atoms with E-state index in [4.69, 9.17) is 15.2 Å². The topological polar surface area (TPSA) is 123 Å². The fourth-order valence-electron chi connectivity index (χ4n) is 4.06. The molecule has 0 bridgehead atoms. The summed E-state index contributed by atoms with van der Waals surface area (Å²) in [6.45, 7) is 4.96. The molecule has 174 valence electrons. The molecule has 1 aliphatic carbocycles. The van der Waals surface area contributed by atoms with Crippen LogP contribution in [0.2, 0.25) is 0 Å². The third-order valence-electron chi connectivity index (χ3n) is 5.91. The fraction of sp³-hybridized carbons (Fsp3) is 0.652. The average Bonchev–Trinajstić information content (AvgIpc) is 2.76. The zero-order valence-electron chi connectivity index (χ0n) is 18.6. The van der Waals surface area contributed by atoms with Crippen molar-refractivity contribution in [2.75, 3.05) is 25.7 Å². The highest BCUT2D eigenvalue weighted by atomic mass is 16.7. The van der Waals surface area contributed by atoms with Crippen LogP contribution >= 0.6 is 0 Å². The maximum absolute atomic E-state index is 12.9. The molecule has 5 N–H and O–H groups in total. The molecule has 0 spiro atoms. The molecule has 8 heteroatoms. The largest absolute Gasteiger partial charge is 0.399 e. The lowest BCUT2D eigenvalue weighted by molar-refractivity contribution is -0.135. The Morgan fingerprint density at radius 3 is 2.61 bits per heavy atom. The second-order valence-electron chi connectivity index (χ2n) is 8.50. The van der Waals surface area contributed by atoms with E-state index >= 15 is 0 Å². The zero-order valence-corrected chi connectivity index (χ0v) is 18.6. The van der Waals surface area contributed by atoms with Crippen LogP contribution in [0.3, 0.4) is 0 Å². The van der Waals surface area contributed by atoms with Gasteiger partial charge in [0, 0.05) is 24.1 Å². The minimum absolute atomic E-state index is 0.00372. The van der Waals surface area contributed by atoms with Gasteiger partial charge in [0.2, 0.25) is 11.8 Å². The number of rotatable bonds is 12. The highest BCUT2D eigenvalue weighted by Crippen LogP contribution is 2.28. The minimum Gasteiger partial charge on any atom is -0.399 e. The van der Waals surface area contributed by atoms with Gasteiger partial charge in [0.1, 0.15) is 6.79 Å². The van der Waals surface area contributed by atoms with Crippen LogP contribution in [0.15, 0.2) is 24.3 Å². The van der Waals surface area contributed by atoms with Crippen molar-refractivity contribution in [2.24, 2.45) is 17.8 Å². The first kappa shape index (κ1) is 25.1. The summed E-state index contributed by atoms with van der Waals surface area (Å²) >= 11 is 0. The Morgan fingerprint density at radius 1 is 1.23 bits per heavy atom. The Balaban J connectivity index is 2.05. The van der Waals surface area contributed by atoms with E-state index in [1.165, 1.54) is 0 Å². The first-order chi connectivity index (χ1) is 14.9. The Bertz CT molecular complexity index is 692. The standard InChI is InChI=1S/C23H37N3O5/c1-3-30-15-31-14-21(25-22(27)18-9-7-16(2)8-10-18)13-19(23(28)26-29)11-17-5-4-6-20(24)12-17/h4-6,12,16,18-19,21,29H,3,7-11,13-15,24H2,1-2H3,(H,25,27)(H,26,28). The first-order valence-electron chi connectivity index (χ1n) is 11.2. The molecule has 0 aromatic heterocycles. The Morgan fingerprint density at radius 2 is 1.97 bits per heavy atom. The molecule has 1 aromatic carbocycles. The number of carbonyl (C=O) groups is 2. The molecule has 2 rings (SSSR count). The number of nitrogen functional groups attached to an aromatic ring is 1.